The van der Waals surface area contributed by atoms with E-state index in [1.54, 1.807) is 30.6 Å². The number of pyridine rings is 1. The first-order chi connectivity index (χ1) is 8.49. The Morgan fingerprint density at radius 3 is 2.72 bits per heavy atom. The van der Waals surface area contributed by atoms with Crippen LogP contribution in [0.5, 0.6) is 0 Å². The number of hydrogen-bond donors (Lipinski definition) is 0. The molecule has 0 N–H and O–H groups in total. The van der Waals surface area contributed by atoms with Gasteiger partial charge in [0.05, 0.1) is 11.3 Å². The minimum Gasteiger partial charge on any atom is -0.292 e. The van der Waals surface area contributed by atoms with Crippen molar-refractivity contribution < 1.29 is 4.39 Å². The Morgan fingerprint density at radius 2 is 2.17 bits per heavy atom. The topological polar surface area (TPSA) is 41.6 Å². The maximum absolute atomic E-state index is 13.1. The summed E-state index contributed by atoms with van der Waals surface area (Å²) < 4.78 is 12.0. The molecule has 2 aromatic rings. The number of alkyl halides is 3. The SMILES string of the molecule is N#Cc1cn(SC(F)(Cl)Cl)cc1-c1ccccn1. The first kappa shape index (κ1) is 13.2. The zero-order valence-corrected chi connectivity index (χ0v) is 11.2. The third-order valence-corrected chi connectivity index (χ3v) is 3.12. The van der Waals surface area contributed by atoms with Crippen LogP contribution in [0.2, 0.25) is 0 Å². The molecule has 0 bridgehead atoms. The van der Waals surface area contributed by atoms with Gasteiger partial charge in [-0.25, -0.2) is 0 Å². The van der Waals surface area contributed by atoms with E-state index in [1.807, 2.05) is 6.07 Å². The lowest BCUT2D eigenvalue weighted by Crippen LogP contribution is -1.99. The number of aromatic nitrogens is 2. The molecule has 7 heteroatoms. The van der Waals surface area contributed by atoms with Crippen LogP contribution >= 0.6 is 35.1 Å². The summed E-state index contributed by atoms with van der Waals surface area (Å²) in [4.78, 5) is 4.13. The van der Waals surface area contributed by atoms with Crippen molar-refractivity contribution in [3.8, 4) is 17.3 Å². The molecule has 0 atom stereocenters. The molecule has 0 saturated heterocycles. The summed E-state index contributed by atoms with van der Waals surface area (Å²) in [5, 5.41) is 9.03. The summed E-state index contributed by atoms with van der Waals surface area (Å²) in [6.45, 7) is 0. The standard InChI is InChI=1S/C11H6Cl2FN3S/c12-11(13,14)18-17-6-8(5-15)9(7-17)10-3-1-2-4-16-10/h1-4,6-7H. The van der Waals surface area contributed by atoms with Crippen LogP contribution in [0.4, 0.5) is 4.39 Å². The first-order valence-corrected chi connectivity index (χ1v) is 6.32. The van der Waals surface area contributed by atoms with Gasteiger partial charge in [0.25, 0.3) is 0 Å². The summed E-state index contributed by atoms with van der Waals surface area (Å²) in [5.41, 5.74) is 1.60. The summed E-state index contributed by atoms with van der Waals surface area (Å²) >= 11 is 11.1. The van der Waals surface area contributed by atoms with Crippen molar-refractivity contribution in [2.75, 3.05) is 0 Å². The van der Waals surface area contributed by atoms with Gasteiger partial charge in [0.1, 0.15) is 6.07 Å². The highest BCUT2D eigenvalue weighted by Crippen LogP contribution is 2.38. The van der Waals surface area contributed by atoms with Crippen LogP contribution in [-0.2, 0) is 0 Å². The van der Waals surface area contributed by atoms with Gasteiger partial charge in [-0.05, 0) is 12.1 Å². The van der Waals surface area contributed by atoms with Crippen molar-refractivity contribution in [2.45, 2.75) is 3.92 Å². The molecule has 0 aliphatic carbocycles. The maximum Gasteiger partial charge on any atom is 0.323 e. The summed E-state index contributed by atoms with van der Waals surface area (Å²) in [6, 6.07) is 7.35. The number of halogens is 3. The van der Waals surface area contributed by atoms with Crippen LogP contribution in [0.15, 0.2) is 36.8 Å². The molecule has 0 aromatic carbocycles. The molecule has 0 unspecified atom stereocenters. The molecule has 0 saturated carbocycles. The lowest BCUT2D eigenvalue weighted by atomic mass is 10.1. The van der Waals surface area contributed by atoms with E-state index in [-0.39, 0.29) is 0 Å². The molecule has 0 aliphatic rings. The van der Waals surface area contributed by atoms with Crippen LogP contribution in [0, 0.1) is 11.3 Å². The lowest BCUT2D eigenvalue weighted by Gasteiger charge is -2.07. The summed E-state index contributed by atoms with van der Waals surface area (Å²) in [6.07, 6.45) is 4.63. The number of nitrogens with zero attached hydrogens (tertiary/aromatic N) is 3. The number of rotatable bonds is 3. The third kappa shape index (κ3) is 3.16. The van der Waals surface area contributed by atoms with E-state index in [0.29, 0.717) is 28.8 Å². The Bertz CT molecular complexity index is 587. The van der Waals surface area contributed by atoms with E-state index in [1.165, 1.54) is 10.2 Å². The fourth-order valence-electron chi connectivity index (χ4n) is 1.42. The average Bonchev–Trinajstić information content (AvgIpc) is 2.71. The highest BCUT2D eigenvalue weighted by molar-refractivity contribution is 8.01. The lowest BCUT2D eigenvalue weighted by molar-refractivity contribution is 0.514. The van der Waals surface area contributed by atoms with Crippen LogP contribution in [0.25, 0.3) is 11.3 Å². The van der Waals surface area contributed by atoms with E-state index in [4.69, 9.17) is 28.5 Å². The molecule has 0 radical (unpaired) electrons. The molecule has 0 amide bonds. The van der Waals surface area contributed by atoms with Crippen molar-refractivity contribution in [1.82, 2.24) is 8.96 Å². The fourth-order valence-corrected chi connectivity index (χ4v) is 2.45. The third-order valence-electron chi connectivity index (χ3n) is 2.07. The molecular formula is C11H6Cl2FN3S. The van der Waals surface area contributed by atoms with E-state index in [0.717, 1.165) is 0 Å². The molecule has 92 valence electrons. The van der Waals surface area contributed by atoms with Gasteiger partial charge in [-0.1, -0.05) is 29.3 Å². The molecule has 0 aliphatic heterocycles. The summed E-state index contributed by atoms with van der Waals surface area (Å²) in [5.74, 6) is 0. The molecule has 3 nitrogen and oxygen atoms in total. The normalized spacial score (nSPS) is 11.2. The van der Waals surface area contributed by atoms with Gasteiger partial charge in [0, 0.05) is 36.1 Å². The predicted molar refractivity (Wildman–Crippen MR) is 70.9 cm³/mol. The predicted octanol–water partition coefficient (Wildman–Crippen LogP) is 3.98. The second-order valence-corrected chi connectivity index (χ2v) is 6.16. The van der Waals surface area contributed by atoms with Gasteiger partial charge in [-0.3, -0.25) is 8.96 Å². The van der Waals surface area contributed by atoms with Gasteiger partial charge >= 0.3 is 3.92 Å². The Labute approximate surface area is 117 Å². The average molecular weight is 302 g/mol. The second-order valence-electron chi connectivity index (χ2n) is 3.31. The van der Waals surface area contributed by atoms with Gasteiger partial charge in [0.2, 0.25) is 0 Å². The van der Waals surface area contributed by atoms with E-state index >= 15 is 0 Å². The second kappa shape index (κ2) is 5.19. The number of nitriles is 1. The molecule has 0 fully saturated rings. The zero-order chi connectivity index (χ0) is 13.2. The molecule has 2 rings (SSSR count). The van der Waals surface area contributed by atoms with Gasteiger partial charge in [-0.15, -0.1) is 0 Å². The Morgan fingerprint density at radius 1 is 1.39 bits per heavy atom. The Balaban J connectivity index is 2.41. The van der Waals surface area contributed by atoms with Crippen LogP contribution in [-0.4, -0.2) is 12.9 Å². The van der Waals surface area contributed by atoms with Gasteiger partial charge in [-0.2, -0.15) is 9.65 Å². The first-order valence-electron chi connectivity index (χ1n) is 4.79. The Hall–Kier alpha value is -1.22. The number of hydrogen-bond acceptors (Lipinski definition) is 3. The smallest absolute Gasteiger partial charge is 0.292 e. The minimum absolute atomic E-state index is 0.374. The van der Waals surface area contributed by atoms with Crippen LogP contribution < -0.4 is 0 Å². The van der Waals surface area contributed by atoms with Crippen molar-refractivity contribution in [1.29, 1.82) is 5.26 Å². The molecular weight excluding hydrogens is 296 g/mol. The molecule has 2 aromatic heterocycles. The highest BCUT2D eigenvalue weighted by Gasteiger charge is 2.25. The van der Waals surface area contributed by atoms with E-state index in [2.05, 4.69) is 4.98 Å². The van der Waals surface area contributed by atoms with Crippen molar-refractivity contribution >= 4 is 35.1 Å². The van der Waals surface area contributed by atoms with E-state index < -0.39 is 3.92 Å². The fraction of sp³-hybridized carbons (Fsp3) is 0.0909. The quantitative estimate of drug-likeness (QED) is 0.805. The van der Waals surface area contributed by atoms with E-state index in [9.17, 15) is 4.39 Å². The Kier molecular flexibility index (Phi) is 3.81. The van der Waals surface area contributed by atoms with Crippen molar-refractivity contribution in [2.24, 2.45) is 0 Å². The maximum atomic E-state index is 13.1. The largest absolute Gasteiger partial charge is 0.323 e. The molecule has 18 heavy (non-hydrogen) atoms. The molecule has 2 heterocycles. The van der Waals surface area contributed by atoms with Gasteiger partial charge in [0.15, 0.2) is 0 Å². The van der Waals surface area contributed by atoms with Crippen molar-refractivity contribution in [3.05, 3.63) is 42.4 Å². The minimum atomic E-state index is -2.45. The van der Waals surface area contributed by atoms with Crippen molar-refractivity contribution in [3.63, 3.8) is 0 Å². The molecule has 0 spiro atoms. The van der Waals surface area contributed by atoms with Crippen LogP contribution in [0.3, 0.4) is 0 Å². The highest BCUT2D eigenvalue weighted by atomic mass is 35.5. The van der Waals surface area contributed by atoms with Gasteiger partial charge < -0.3 is 0 Å². The summed E-state index contributed by atoms with van der Waals surface area (Å²) in [7, 11) is 0. The van der Waals surface area contributed by atoms with Crippen LogP contribution in [0.1, 0.15) is 5.56 Å². The zero-order valence-electron chi connectivity index (χ0n) is 8.85. The monoisotopic (exact) mass is 301 g/mol.